The molecular weight excluding hydrogens is 334 g/mol. The fraction of sp³-hybridized carbons (Fsp3) is 0.917. The van der Waals surface area contributed by atoms with Gasteiger partial charge in [0.15, 0.2) is 0 Å². The number of carbonyl (C=O) groups is 1. The third kappa shape index (κ3) is 8.25. The van der Waals surface area contributed by atoms with Crippen molar-refractivity contribution in [1.29, 1.82) is 0 Å². The van der Waals surface area contributed by atoms with Crippen molar-refractivity contribution in [2.24, 2.45) is 11.7 Å². The molecule has 0 heterocycles. The second kappa shape index (κ2) is 9.89. The lowest BCUT2D eigenvalue weighted by Gasteiger charge is -2.21. The molecule has 1 aliphatic rings. The van der Waals surface area contributed by atoms with Gasteiger partial charge in [-0.3, -0.25) is 4.79 Å². The molecule has 0 radical (unpaired) electrons. The molecule has 1 rings (SSSR count). The minimum atomic E-state index is -3.20. The number of hydrogen-bond donors (Lipinski definition) is 3. The van der Waals surface area contributed by atoms with Crippen molar-refractivity contribution in [2.75, 3.05) is 24.8 Å². The van der Waals surface area contributed by atoms with Crippen LogP contribution in [-0.4, -0.2) is 51.2 Å². The Morgan fingerprint density at radius 1 is 1.43 bits per heavy atom. The van der Waals surface area contributed by atoms with E-state index in [1.165, 1.54) is 6.26 Å². The summed E-state index contributed by atoms with van der Waals surface area (Å²) < 4.78 is 25.2. The molecule has 0 aromatic heterocycles. The number of halogens is 1. The Hall–Kier alpha value is -0.0200. The number of nitrogens with two attached hydrogens (primary N) is 1. The summed E-state index contributed by atoms with van der Waals surface area (Å²) in [4.78, 5) is 11.8. The lowest BCUT2D eigenvalue weighted by molar-refractivity contribution is -0.122. The first-order valence-corrected chi connectivity index (χ1v) is 10.1. The highest BCUT2D eigenvalue weighted by Gasteiger charge is 2.29. The Labute approximate surface area is 137 Å². The van der Waals surface area contributed by atoms with Crippen LogP contribution in [0.25, 0.3) is 0 Å². The van der Waals surface area contributed by atoms with Gasteiger partial charge in [-0.25, -0.2) is 13.1 Å². The fourth-order valence-corrected chi connectivity index (χ4v) is 3.80. The van der Waals surface area contributed by atoms with Gasteiger partial charge in [-0.2, -0.15) is 11.8 Å². The van der Waals surface area contributed by atoms with E-state index in [0.717, 1.165) is 25.0 Å². The molecule has 2 unspecified atom stereocenters. The van der Waals surface area contributed by atoms with Crippen LogP contribution in [0.4, 0.5) is 0 Å². The van der Waals surface area contributed by atoms with Gasteiger partial charge in [0.2, 0.25) is 15.9 Å². The Balaban J connectivity index is 0.00000400. The molecule has 9 heteroatoms. The SMILES string of the molecule is CSCC[C@H](N)C(=O)NCC1CCCC1NS(C)(=O)=O.Cl. The van der Waals surface area contributed by atoms with Crippen molar-refractivity contribution < 1.29 is 13.2 Å². The van der Waals surface area contributed by atoms with E-state index < -0.39 is 16.1 Å². The summed E-state index contributed by atoms with van der Waals surface area (Å²) in [6.45, 7) is 0.485. The highest BCUT2D eigenvalue weighted by molar-refractivity contribution is 7.98. The maximum absolute atomic E-state index is 11.8. The average molecular weight is 360 g/mol. The van der Waals surface area contributed by atoms with Crippen molar-refractivity contribution in [3.8, 4) is 0 Å². The number of carbonyl (C=O) groups excluding carboxylic acids is 1. The van der Waals surface area contributed by atoms with Crippen molar-refractivity contribution in [2.45, 2.75) is 37.8 Å². The summed E-state index contributed by atoms with van der Waals surface area (Å²) >= 11 is 1.66. The lowest BCUT2D eigenvalue weighted by atomic mass is 10.0. The smallest absolute Gasteiger partial charge is 0.236 e. The molecule has 126 valence electrons. The van der Waals surface area contributed by atoms with E-state index in [-0.39, 0.29) is 30.3 Å². The maximum atomic E-state index is 11.8. The summed E-state index contributed by atoms with van der Waals surface area (Å²) in [5.74, 6) is 0.862. The van der Waals surface area contributed by atoms with Crippen molar-refractivity contribution in [3.63, 3.8) is 0 Å². The third-order valence-electron chi connectivity index (χ3n) is 3.53. The van der Waals surface area contributed by atoms with E-state index in [0.29, 0.717) is 13.0 Å². The number of nitrogens with one attached hydrogen (secondary N) is 2. The first-order chi connectivity index (χ1) is 9.33. The Morgan fingerprint density at radius 3 is 2.67 bits per heavy atom. The van der Waals surface area contributed by atoms with Crippen LogP contribution in [0, 0.1) is 5.92 Å². The monoisotopic (exact) mass is 359 g/mol. The molecule has 4 N–H and O–H groups in total. The molecule has 1 amide bonds. The minimum absolute atomic E-state index is 0. The number of thioether (sulfide) groups is 1. The molecular formula is C12H26ClN3O3S2. The highest BCUT2D eigenvalue weighted by Crippen LogP contribution is 2.25. The van der Waals surface area contributed by atoms with E-state index in [2.05, 4.69) is 10.0 Å². The van der Waals surface area contributed by atoms with Gasteiger partial charge in [-0.05, 0) is 37.2 Å². The zero-order chi connectivity index (χ0) is 15.2. The van der Waals surface area contributed by atoms with E-state index in [1.807, 2.05) is 6.26 Å². The molecule has 0 aliphatic heterocycles. The maximum Gasteiger partial charge on any atom is 0.236 e. The summed E-state index contributed by atoms with van der Waals surface area (Å²) in [6.07, 6.45) is 6.53. The molecule has 0 spiro atoms. The molecule has 21 heavy (non-hydrogen) atoms. The molecule has 6 nitrogen and oxygen atoms in total. The van der Waals surface area contributed by atoms with Crippen molar-refractivity contribution in [1.82, 2.24) is 10.0 Å². The van der Waals surface area contributed by atoms with Gasteiger partial charge >= 0.3 is 0 Å². The largest absolute Gasteiger partial charge is 0.354 e. The first kappa shape index (κ1) is 21.0. The second-order valence-electron chi connectivity index (χ2n) is 5.32. The van der Waals surface area contributed by atoms with Crippen LogP contribution in [0.1, 0.15) is 25.7 Å². The molecule has 0 saturated heterocycles. The minimum Gasteiger partial charge on any atom is -0.354 e. The normalized spacial score (nSPS) is 23.4. The quantitative estimate of drug-likeness (QED) is 0.579. The van der Waals surface area contributed by atoms with Gasteiger partial charge in [0, 0.05) is 12.6 Å². The molecule has 1 aliphatic carbocycles. The molecule has 3 atom stereocenters. The van der Waals surface area contributed by atoms with Crippen LogP contribution in [0.5, 0.6) is 0 Å². The second-order valence-corrected chi connectivity index (χ2v) is 8.09. The van der Waals surface area contributed by atoms with Crippen LogP contribution >= 0.6 is 24.2 Å². The topological polar surface area (TPSA) is 101 Å². The van der Waals surface area contributed by atoms with Crippen LogP contribution < -0.4 is 15.8 Å². The van der Waals surface area contributed by atoms with E-state index in [4.69, 9.17) is 5.73 Å². The lowest BCUT2D eigenvalue weighted by Crippen LogP contribution is -2.46. The fourth-order valence-electron chi connectivity index (χ4n) is 2.45. The van der Waals surface area contributed by atoms with Gasteiger partial charge in [0.1, 0.15) is 0 Å². The predicted octanol–water partition coefficient (Wildman–Crippen LogP) is 0.323. The summed E-state index contributed by atoms with van der Waals surface area (Å²) in [5, 5.41) is 2.84. The van der Waals surface area contributed by atoms with Gasteiger partial charge in [-0.1, -0.05) is 6.42 Å². The number of rotatable bonds is 8. The summed E-state index contributed by atoms with van der Waals surface area (Å²) in [7, 11) is -3.20. The molecule has 0 bridgehead atoms. The molecule has 1 saturated carbocycles. The van der Waals surface area contributed by atoms with Crippen molar-refractivity contribution >= 4 is 40.1 Å². The summed E-state index contributed by atoms with van der Waals surface area (Å²) in [6, 6.07) is -0.558. The van der Waals surface area contributed by atoms with Gasteiger partial charge < -0.3 is 11.1 Å². The average Bonchev–Trinajstić information content (AvgIpc) is 2.77. The number of hydrogen-bond acceptors (Lipinski definition) is 5. The predicted molar refractivity (Wildman–Crippen MR) is 90.3 cm³/mol. The first-order valence-electron chi connectivity index (χ1n) is 6.83. The Kier molecular flexibility index (Phi) is 9.88. The van der Waals surface area contributed by atoms with Gasteiger partial charge in [-0.15, -0.1) is 12.4 Å². The van der Waals surface area contributed by atoms with Crippen LogP contribution in [0.15, 0.2) is 0 Å². The number of amides is 1. The zero-order valence-corrected chi connectivity index (χ0v) is 15.0. The zero-order valence-electron chi connectivity index (χ0n) is 12.5. The third-order valence-corrected chi connectivity index (χ3v) is 4.91. The summed E-state index contributed by atoms with van der Waals surface area (Å²) in [5.41, 5.74) is 5.79. The molecule has 1 fully saturated rings. The van der Waals surface area contributed by atoms with Crippen LogP contribution in [0.2, 0.25) is 0 Å². The Morgan fingerprint density at radius 2 is 2.10 bits per heavy atom. The van der Waals surface area contributed by atoms with Crippen LogP contribution in [0.3, 0.4) is 0 Å². The van der Waals surface area contributed by atoms with E-state index >= 15 is 0 Å². The number of sulfonamides is 1. The van der Waals surface area contributed by atoms with Gasteiger partial charge in [0.25, 0.3) is 0 Å². The van der Waals surface area contributed by atoms with Gasteiger partial charge in [0.05, 0.1) is 12.3 Å². The van der Waals surface area contributed by atoms with Crippen LogP contribution in [-0.2, 0) is 14.8 Å². The van der Waals surface area contributed by atoms with E-state index in [1.54, 1.807) is 11.8 Å². The molecule has 0 aromatic rings. The van der Waals surface area contributed by atoms with E-state index in [9.17, 15) is 13.2 Å². The standard InChI is InChI=1S/C12H25N3O3S2.ClH/c1-19-7-6-10(13)12(16)14-8-9-4-3-5-11(9)15-20(2,17)18;/h9-11,15H,3-8,13H2,1-2H3,(H,14,16);1H/t9?,10-,11?;/m0./s1. The Bertz CT molecular complexity index is 420. The van der Waals surface area contributed by atoms with Crippen molar-refractivity contribution in [3.05, 3.63) is 0 Å². The molecule has 0 aromatic carbocycles. The highest BCUT2D eigenvalue weighted by atomic mass is 35.5.